The van der Waals surface area contributed by atoms with Crippen LogP contribution in [0.15, 0.2) is 107 Å². The topological polar surface area (TPSA) is 121 Å². The molecule has 198 valence electrons. The highest BCUT2D eigenvalue weighted by Crippen LogP contribution is 2.41. The van der Waals surface area contributed by atoms with Crippen LogP contribution in [0.2, 0.25) is 0 Å². The molecule has 39 heavy (non-hydrogen) atoms. The number of amides is 2. The number of nitrogens with zero attached hydrogens (tertiary/aromatic N) is 3. The van der Waals surface area contributed by atoms with E-state index < -0.39 is 29.2 Å². The normalized spacial score (nSPS) is 18.7. The maximum Gasteiger partial charge on any atom is 0.352 e. The Morgan fingerprint density at radius 2 is 1.79 bits per heavy atom. The third-order valence-electron chi connectivity index (χ3n) is 6.08. The van der Waals surface area contributed by atoms with E-state index in [0.717, 1.165) is 5.03 Å². The van der Waals surface area contributed by atoms with E-state index in [4.69, 9.17) is 4.84 Å². The molecule has 2 aliphatic rings. The lowest BCUT2D eigenvalue weighted by Gasteiger charge is -2.49. The van der Waals surface area contributed by atoms with Gasteiger partial charge >= 0.3 is 5.97 Å². The van der Waals surface area contributed by atoms with Gasteiger partial charge in [0.2, 0.25) is 0 Å². The number of oxime groups is 1. The number of nitrogens with one attached hydrogen (secondary N) is 1. The summed E-state index contributed by atoms with van der Waals surface area (Å²) >= 11 is 2.96. The number of rotatable bonds is 10. The number of thioether (sulfide) groups is 2. The quantitative estimate of drug-likeness (QED) is 0.166. The summed E-state index contributed by atoms with van der Waals surface area (Å²) in [6, 6.07) is 22.4. The van der Waals surface area contributed by atoms with Gasteiger partial charge in [-0.25, -0.2) is 9.78 Å². The minimum absolute atomic E-state index is 0.000214. The zero-order valence-corrected chi connectivity index (χ0v) is 22.2. The molecule has 2 atom stereocenters. The molecule has 2 N–H and O–H groups in total. The summed E-state index contributed by atoms with van der Waals surface area (Å²) in [5.41, 5.74) is 1.21. The number of benzene rings is 2. The van der Waals surface area contributed by atoms with Gasteiger partial charge in [-0.1, -0.05) is 59.8 Å². The standard InChI is InChI=1S/C28H24N4O5S2/c33-25(22(18-9-3-1-4-10-18)31-37-20-11-5-2-6-12-20)30-23-26(34)32-24(28(35)36)19(17-39-27(23)32)14-16-38-21-13-7-8-15-29-21/h1-13,15,23,27H,14,16-17H2,(H,30,33)(H,35,36)/t23-,27-/m1/s1. The van der Waals surface area contributed by atoms with Crippen LogP contribution in [0.1, 0.15) is 12.0 Å². The first-order chi connectivity index (χ1) is 19.0. The van der Waals surface area contributed by atoms with Crippen LogP contribution >= 0.6 is 23.5 Å². The van der Waals surface area contributed by atoms with Crippen molar-refractivity contribution in [2.24, 2.45) is 5.16 Å². The first-order valence-electron chi connectivity index (χ1n) is 12.1. The number of carboxylic acid groups (broad SMARTS) is 1. The van der Waals surface area contributed by atoms with Gasteiger partial charge in [-0.2, -0.15) is 0 Å². The molecule has 1 saturated heterocycles. The molecule has 5 rings (SSSR count). The Morgan fingerprint density at radius 1 is 1.08 bits per heavy atom. The molecule has 1 aromatic heterocycles. The summed E-state index contributed by atoms with van der Waals surface area (Å²) in [4.78, 5) is 49.6. The Balaban J connectivity index is 1.29. The zero-order valence-electron chi connectivity index (χ0n) is 20.6. The zero-order chi connectivity index (χ0) is 27.2. The molecular formula is C28H24N4O5S2. The smallest absolute Gasteiger partial charge is 0.352 e. The third-order valence-corrected chi connectivity index (χ3v) is 8.36. The highest BCUT2D eigenvalue weighted by Gasteiger charge is 2.54. The lowest BCUT2D eigenvalue weighted by atomic mass is 10.0. The lowest BCUT2D eigenvalue weighted by Crippen LogP contribution is -2.71. The fraction of sp³-hybridized carbons (Fsp3) is 0.179. The summed E-state index contributed by atoms with van der Waals surface area (Å²) in [7, 11) is 0. The van der Waals surface area contributed by atoms with Crippen LogP contribution in [0, 0.1) is 0 Å². The fourth-order valence-corrected chi connectivity index (χ4v) is 6.45. The van der Waals surface area contributed by atoms with Gasteiger partial charge in [-0.05, 0) is 36.3 Å². The molecule has 0 bridgehead atoms. The number of pyridine rings is 1. The molecule has 3 aromatic rings. The van der Waals surface area contributed by atoms with Crippen molar-refractivity contribution in [2.75, 3.05) is 11.5 Å². The molecule has 1 fully saturated rings. The summed E-state index contributed by atoms with van der Waals surface area (Å²) in [5, 5.41) is 17.1. The summed E-state index contributed by atoms with van der Waals surface area (Å²) < 4.78 is 0. The van der Waals surface area contributed by atoms with Crippen molar-refractivity contribution >= 4 is 47.0 Å². The Bertz CT molecular complexity index is 1420. The molecular weight excluding hydrogens is 536 g/mol. The van der Waals surface area contributed by atoms with Gasteiger partial charge in [0.25, 0.3) is 11.8 Å². The van der Waals surface area contributed by atoms with Crippen LogP contribution < -0.4 is 10.2 Å². The highest BCUT2D eigenvalue weighted by atomic mass is 32.2. The molecule has 0 saturated carbocycles. The van der Waals surface area contributed by atoms with E-state index in [1.165, 1.54) is 28.4 Å². The van der Waals surface area contributed by atoms with E-state index in [0.29, 0.717) is 34.8 Å². The number of fused-ring (bicyclic) bond motifs is 1. The van der Waals surface area contributed by atoms with Crippen molar-refractivity contribution < 1.29 is 24.3 Å². The largest absolute Gasteiger partial charge is 0.477 e. The van der Waals surface area contributed by atoms with Crippen LogP contribution in [-0.2, 0) is 14.4 Å². The van der Waals surface area contributed by atoms with Crippen molar-refractivity contribution in [1.29, 1.82) is 0 Å². The van der Waals surface area contributed by atoms with E-state index in [1.807, 2.05) is 30.3 Å². The van der Waals surface area contributed by atoms with Crippen molar-refractivity contribution in [3.8, 4) is 5.75 Å². The van der Waals surface area contributed by atoms with Crippen LogP contribution in [-0.4, -0.2) is 61.4 Å². The highest BCUT2D eigenvalue weighted by molar-refractivity contribution is 8.00. The average Bonchev–Trinajstić information content (AvgIpc) is 2.97. The van der Waals surface area contributed by atoms with Gasteiger partial charge in [0.15, 0.2) is 11.5 Å². The van der Waals surface area contributed by atoms with Crippen molar-refractivity contribution in [1.82, 2.24) is 15.2 Å². The molecule has 2 aromatic carbocycles. The second-order valence-electron chi connectivity index (χ2n) is 8.59. The monoisotopic (exact) mass is 560 g/mol. The fourth-order valence-electron chi connectivity index (χ4n) is 4.20. The van der Waals surface area contributed by atoms with Crippen LogP contribution in [0.5, 0.6) is 5.75 Å². The molecule has 2 aliphatic heterocycles. The summed E-state index contributed by atoms with van der Waals surface area (Å²) in [6.07, 6.45) is 2.21. The van der Waals surface area contributed by atoms with Gasteiger partial charge in [0.05, 0.1) is 5.03 Å². The summed E-state index contributed by atoms with van der Waals surface area (Å²) in [5.74, 6) is -0.675. The van der Waals surface area contributed by atoms with Crippen LogP contribution in [0.25, 0.3) is 0 Å². The van der Waals surface area contributed by atoms with Crippen molar-refractivity contribution in [3.05, 3.63) is 102 Å². The van der Waals surface area contributed by atoms with Gasteiger partial charge in [0.1, 0.15) is 17.1 Å². The van der Waals surface area contributed by atoms with Crippen molar-refractivity contribution in [3.63, 3.8) is 0 Å². The minimum Gasteiger partial charge on any atom is -0.477 e. The predicted octanol–water partition coefficient (Wildman–Crippen LogP) is 3.79. The Labute approximate surface area is 233 Å². The molecule has 0 radical (unpaired) electrons. The number of carboxylic acids is 1. The third kappa shape index (κ3) is 5.99. The van der Waals surface area contributed by atoms with Crippen molar-refractivity contribution in [2.45, 2.75) is 22.9 Å². The molecule has 0 spiro atoms. The molecule has 2 amide bonds. The first kappa shape index (κ1) is 26.5. The van der Waals surface area contributed by atoms with Gasteiger partial charge in [0, 0.05) is 23.3 Å². The Hall–Kier alpha value is -4.09. The molecule has 11 heteroatoms. The lowest BCUT2D eigenvalue weighted by molar-refractivity contribution is -0.150. The predicted molar refractivity (Wildman–Crippen MR) is 149 cm³/mol. The van der Waals surface area contributed by atoms with Gasteiger partial charge in [-0.3, -0.25) is 14.5 Å². The molecule has 9 nitrogen and oxygen atoms in total. The number of para-hydroxylation sites is 1. The molecule has 0 aliphatic carbocycles. The number of aliphatic carboxylic acids is 1. The Morgan fingerprint density at radius 3 is 2.49 bits per heavy atom. The van der Waals surface area contributed by atoms with Crippen LogP contribution in [0.4, 0.5) is 0 Å². The van der Waals surface area contributed by atoms with Gasteiger partial charge in [-0.15, -0.1) is 23.5 Å². The summed E-state index contributed by atoms with van der Waals surface area (Å²) in [6.45, 7) is 0. The van der Waals surface area contributed by atoms with E-state index in [1.54, 1.807) is 54.7 Å². The second kappa shape index (κ2) is 12.2. The number of hydrogen-bond acceptors (Lipinski definition) is 8. The van der Waals surface area contributed by atoms with Gasteiger partial charge < -0.3 is 15.3 Å². The Kier molecular flexibility index (Phi) is 8.28. The average molecular weight is 561 g/mol. The number of aromatic nitrogens is 1. The number of carbonyl (C=O) groups is 3. The molecule has 0 unspecified atom stereocenters. The SMILES string of the molecule is O=C(O)C1=C(CCSc2ccccn2)CS[C@@H]2[C@H](NC(=O)C(=NOc3ccccc3)c3ccccc3)C(=O)N12. The maximum atomic E-state index is 13.3. The van der Waals surface area contributed by atoms with E-state index >= 15 is 0 Å². The second-order valence-corrected chi connectivity index (χ2v) is 10.8. The van der Waals surface area contributed by atoms with E-state index in [9.17, 15) is 19.5 Å². The first-order valence-corrected chi connectivity index (χ1v) is 14.2. The maximum absolute atomic E-state index is 13.3. The van der Waals surface area contributed by atoms with E-state index in [2.05, 4.69) is 15.5 Å². The number of β-lactam (4-membered cyclic amide) rings is 1. The molecule has 3 heterocycles. The van der Waals surface area contributed by atoms with E-state index in [-0.39, 0.29) is 11.4 Å². The number of carbonyl (C=O) groups excluding carboxylic acids is 2. The van der Waals surface area contributed by atoms with Crippen LogP contribution in [0.3, 0.4) is 0 Å². The minimum atomic E-state index is -1.15. The number of hydrogen-bond donors (Lipinski definition) is 2.